The molecule has 1 amide bonds. The molecule has 0 heterocycles. The van der Waals surface area contributed by atoms with Crippen molar-refractivity contribution < 1.29 is 9.18 Å². The second kappa shape index (κ2) is 5.96. The van der Waals surface area contributed by atoms with Crippen LogP contribution in [0.15, 0.2) is 24.3 Å². The summed E-state index contributed by atoms with van der Waals surface area (Å²) in [4.78, 5) is 11.9. The Bertz CT molecular complexity index is 397. The summed E-state index contributed by atoms with van der Waals surface area (Å²) < 4.78 is 12.7. The average Bonchev–Trinajstić information content (AvgIpc) is 2.38. The van der Waals surface area contributed by atoms with Crippen molar-refractivity contribution in [3.63, 3.8) is 0 Å². The summed E-state index contributed by atoms with van der Waals surface area (Å²) in [6.07, 6.45) is 3.25. The van der Waals surface area contributed by atoms with Crippen molar-refractivity contribution in [2.75, 3.05) is 0 Å². The fourth-order valence-corrected chi connectivity index (χ4v) is 2.29. The summed E-state index contributed by atoms with van der Waals surface area (Å²) in [7, 11) is 0. The van der Waals surface area contributed by atoms with E-state index in [0.717, 1.165) is 31.2 Å². The molecular weight excluding hydrogens is 231 g/mol. The Labute approximate surface area is 107 Å². The van der Waals surface area contributed by atoms with Gasteiger partial charge in [-0.15, -0.1) is 6.04 Å². The lowest BCUT2D eigenvalue weighted by Crippen LogP contribution is -2.33. The van der Waals surface area contributed by atoms with Crippen molar-refractivity contribution in [2.45, 2.75) is 38.3 Å². The topological polar surface area (TPSA) is 52.9 Å². The van der Waals surface area contributed by atoms with E-state index in [1.54, 1.807) is 12.1 Å². The van der Waals surface area contributed by atoms with Gasteiger partial charge in [0.1, 0.15) is 5.82 Å². The number of hydrogen-bond acceptors (Lipinski definition) is 1. The minimum absolute atomic E-state index is 0.00569. The Balaban J connectivity index is 1.79. The third kappa shape index (κ3) is 3.53. The fraction of sp³-hybridized carbons (Fsp3) is 0.500. The molecule has 3 nitrogen and oxygen atoms in total. The molecule has 4 heteroatoms. The maximum atomic E-state index is 12.7. The molecule has 0 spiro atoms. The van der Waals surface area contributed by atoms with E-state index < -0.39 is 0 Å². The Hall–Kier alpha value is -1.42. The number of halogens is 1. The zero-order chi connectivity index (χ0) is 13.0. The Morgan fingerprint density at radius 1 is 1.22 bits per heavy atom. The van der Waals surface area contributed by atoms with Crippen LogP contribution in [-0.2, 0) is 11.3 Å². The van der Waals surface area contributed by atoms with Crippen LogP contribution in [-0.4, -0.2) is 11.9 Å². The third-order valence-electron chi connectivity index (χ3n) is 3.48. The molecule has 0 radical (unpaired) electrons. The van der Waals surface area contributed by atoms with Gasteiger partial charge in [0.05, 0.1) is 0 Å². The van der Waals surface area contributed by atoms with Gasteiger partial charge in [-0.25, -0.2) is 4.39 Å². The van der Waals surface area contributed by atoms with Crippen LogP contribution in [0.5, 0.6) is 0 Å². The van der Waals surface area contributed by atoms with E-state index in [4.69, 9.17) is 5.73 Å². The van der Waals surface area contributed by atoms with Crippen molar-refractivity contribution in [2.24, 2.45) is 5.92 Å². The van der Waals surface area contributed by atoms with Crippen molar-refractivity contribution in [3.05, 3.63) is 41.4 Å². The van der Waals surface area contributed by atoms with Crippen LogP contribution >= 0.6 is 0 Å². The van der Waals surface area contributed by atoms with E-state index in [9.17, 15) is 9.18 Å². The quantitative estimate of drug-likeness (QED) is 0.879. The van der Waals surface area contributed by atoms with Gasteiger partial charge in [0.2, 0.25) is 5.91 Å². The third-order valence-corrected chi connectivity index (χ3v) is 3.48. The van der Waals surface area contributed by atoms with E-state index in [1.165, 1.54) is 12.1 Å². The lowest BCUT2D eigenvalue weighted by Gasteiger charge is -2.30. The molecule has 0 bridgehead atoms. The predicted octanol–water partition coefficient (Wildman–Crippen LogP) is 3.05. The summed E-state index contributed by atoms with van der Waals surface area (Å²) in [6, 6.07) is 6.15. The summed E-state index contributed by atoms with van der Waals surface area (Å²) in [5.41, 5.74) is 8.49. The van der Waals surface area contributed by atoms with Crippen molar-refractivity contribution in [1.82, 2.24) is 5.32 Å². The van der Waals surface area contributed by atoms with Crippen LogP contribution in [0.1, 0.15) is 31.2 Å². The van der Waals surface area contributed by atoms with Crippen molar-refractivity contribution in [3.8, 4) is 0 Å². The SMILES string of the molecule is [NH-]C1CCC(C(=O)NCc2ccc(F)cc2)CC1. The Morgan fingerprint density at radius 2 is 1.83 bits per heavy atom. The van der Waals surface area contributed by atoms with Gasteiger partial charge in [-0.05, 0) is 30.5 Å². The number of carbonyl (C=O) groups is 1. The maximum absolute atomic E-state index is 12.7. The van der Waals surface area contributed by atoms with E-state index in [-0.39, 0.29) is 23.7 Å². The summed E-state index contributed by atoms with van der Waals surface area (Å²) in [6.45, 7) is 0.444. The highest BCUT2D eigenvalue weighted by Gasteiger charge is 2.21. The van der Waals surface area contributed by atoms with Gasteiger partial charge in [-0.3, -0.25) is 4.79 Å². The molecular formula is C14H18FN2O-. The molecule has 1 aliphatic rings. The summed E-state index contributed by atoms with van der Waals surface area (Å²) >= 11 is 0. The number of benzene rings is 1. The molecule has 0 aromatic heterocycles. The zero-order valence-electron chi connectivity index (χ0n) is 10.3. The molecule has 1 aromatic carbocycles. The first-order valence-corrected chi connectivity index (χ1v) is 6.38. The molecule has 0 atom stereocenters. The summed E-state index contributed by atoms with van der Waals surface area (Å²) in [5.74, 6) is -0.155. The summed E-state index contributed by atoms with van der Waals surface area (Å²) in [5, 5.41) is 2.88. The first kappa shape index (κ1) is 13.0. The molecule has 0 aliphatic heterocycles. The minimum atomic E-state index is -0.265. The van der Waals surface area contributed by atoms with Crippen molar-refractivity contribution in [1.29, 1.82) is 0 Å². The Morgan fingerprint density at radius 3 is 2.44 bits per heavy atom. The highest BCUT2D eigenvalue weighted by molar-refractivity contribution is 5.78. The molecule has 1 fully saturated rings. The number of hydrogen-bond donors (Lipinski definition) is 1. The second-order valence-corrected chi connectivity index (χ2v) is 4.89. The highest BCUT2D eigenvalue weighted by Crippen LogP contribution is 2.25. The largest absolute Gasteiger partial charge is 0.675 e. The molecule has 1 aliphatic carbocycles. The van der Waals surface area contributed by atoms with E-state index >= 15 is 0 Å². The lowest BCUT2D eigenvalue weighted by atomic mass is 9.86. The van der Waals surface area contributed by atoms with E-state index in [1.807, 2.05) is 0 Å². The minimum Gasteiger partial charge on any atom is -0.675 e. The zero-order valence-corrected chi connectivity index (χ0v) is 10.3. The van der Waals surface area contributed by atoms with Crippen LogP contribution < -0.4 is 5.32 Å². The maximum Gasteiger partial charge on any atom is 0.223 e. The lowest BCUT2D eigenvalue weighted by molar-refractivity contribution is -0.126. The second-order valence-electron chi connectivity index (χ2n) is 4.89. The van der Waals surface area contributed by atoms with Crippen LogP contribution in [0.25, 0.3) is 5.73 Å². The fourth-order valence-electron chi connectivity index (χ4n) is 2.29. The van der Waals surface area contributed by atoms with Crippen LogP contribution in [0.3, 0.4) is 0 Å². The van der Waals surface area contributed by atoms with Crippen molar-refractivity contribution >= 4 is 5.91 Å². The van der Waals surface area contributed by atoms with E-state index in [2.05, 4.69) is 5.32 Å². The monoisotopic (exact) mass is 249 g/mol. The number of carbonyl (C=O) groups excluding carboxylic acids is 1. The number of amides is 1. The van der Waals surface area contributed by atoms with Gasteiger partial charge in [-0.1, -0.05) is 25.0 Å². The molecule has 98 valence electrons. The van der Waals surface area contributed by atoms with Gasteiger partial charge in [0, 0.05) is 12.5 Å². The first-order valence-electron chi connectivity index (χ1n) is 6.38. The molecule has 1 saturated carbocycles. The van der Waals surface area contributed by atoms with Gasteiger partial charge < -0.3 is 11.1 Å². The molecule has 0 saturated heterocycles. The number of rotatable bonds is 3. The van der Waals surface area contributed by atoms with E-state index in [0.29, 0.717) is 6.54 Å². The normalized spacial score (nSPS) is 23.7. The molecule has 1 aromatic rings. The molecule has 0 unspecified atom stereocenters. The molecule has 18 heavy (non-hydrogen) atoms. The predicted molar refractivity (Wildman–Crippen MR) is 68.3 cm³/mol. The van der Waals surface area contributed by atoms with Crippen LogP contribution in [0, 0.1) is 11.7 Å². The molecule has 2 N–H and O–H groups in total. The number of nitrogens with one attached hydrogen (secondary N) is 2. The first-order chi connectivity index (χ1) is 8.65. The molecule has 2 rings (SSSR count). The highest BCUT2D eigenvalue weighted by atomic mass is 19.1. The van der Waals surface area contributed by atoms with Gasteiger partial charge in [0.15, 0.2) is 0 Å². The van der Waals surface area contributed by atoms with Gasteiger partial charge in [-0.2, -0.15) is 0 Å². The Kier molecular flexibility index (Phi) is 4.31. The van der Waals surface area contributed by atoms with Gasteiger partial charge in [0.25, 0.3) is 0 Å². The van der Waals surface area contributed by atoms with Gasteiger partial charge >= 0.3 is 0 Å². The van der Waals surface area contributed by atoms with Crippen LogP contribution in [0.2, 0.25) is 0 Å². The standard InChI is InChI=1S/C14H18FN2O/c15-12-5-1-10(2-6-12)9-17-14(18)11-3-7-13(16)8-4-11/h1-2,5-6,11,13,16H,3-4,7-9H2,(H,17,18)/q-1. The average molecular weight is 249 g/mol. The van der Waals surface area contributed by atoms with Crippen LogP contribution in [0.4, 0.5) is 4.39 Å². The smallest absolute Gasteiger partial charge is 0.223 e.